The number of carbonyl (C=O) groups is 2. The summed E-state index contributed by atoms with van der Waals surface area (Å²) in [6.07, 6.45) is 3.06. The van der Waals surface area contributed by atoms with E-state index in [1.54, 1.807) is 19.1 Å². The van der Waals surface area contributed by atoms with Gasteiger partial charge >= 0.3 is 5.97 Å². The van der Waals surface area contributed by atoms with Crippen molar-refractivity contribution in [3.63, 3.8) is 0 Å². The Morgan fingerprint density at radius 2 is 2.19 bits per heavy atom. The normalized spacial score (nSPS) is 15.7. The third kappa shape index (κ3) is 4.71. The average Bonchev–Trinajstić information content (AvgIpc) is 2.99. The molecule has 0 saturated carbocycles. The van der Waals surface area contributed by atoms with Gasteiger partial charge < -0.3 is 14.8 Å². The quantitative estimate of drug-likeness (QED) is 0.617. The van der Waals surface area contributed by atoms with Gasteiger partial charge in [-0.3, -0.25) is 4.79 Å². The van der Waals surface area contributed by atoms with E-state index >= 15 is 0 Å². The van der Waals surface area contributed by atoms with E-state index in [1.165, 1.54) is 16.2 Å². The maximum absolute atomic E-state index is 12.5. The highest BCUT2D eigenvalue weighted by Crippen LogP contribution is 2.43. The Hall–Kier alpha value is -1.86. The van der Waals surface area contributed by atoms with Gasteiger partial charge in [0.25, 0.3) is 5.91 Å². The lowest BCUT2D eigenvalue weighted by molar-refractivity contribution is -0.118. The Balaban J connectivity index is 1.77. The summed E-state index contributed by atoms with van der Waals surface area (Å²) in [5.41, 5.74) is 1.55. The second kappa shape index (κ2) is 8.89. The first-order valence-corrected chi connectivity index (χ1v) is 10.6. The van der Waals surface area contributed by atoms with Crippen molar-refractivity contribution in [2.75, 3.05) is 18.5 Å². The predicted molar refractivity (Wildman–Crippen MR) is 110 cm³/mol. The molecule has 0 radical (unpaired) electrons. The van der Waals surface area contributed by atoms with Crippen molar-refractivity contribution in [1.29, 1.82) is 0 Å². The lowest BCUT2D eigenvalue weighted by atomic mass is 9.86. The minimum absolute atomic E-state index is 0.128. The number of hydrogen-bond acceptors (Lipinski definition) is 5. The number of rotatable bonds is 6. The topological polar surface area (TPSA) is 64.6 Å². The number of halogens is 1. The molecule has 1 aliphatic carbocycles. The molecule has 27 heavy (non-hydrogen) atoms. The molecule has 1 heterocycles. The van der Waals surface area contributed by atoms with Crippen molar-refractivity contribution in [3.8, 4) is 5.75 Å². The molecule has 7 heteroatoms. The van der Waals surface area contributed by atoms with Gasteiger partial charge in [0.1, 0.15) is 10.8 Å². The number of anilines is 1. The lowest BCUT2D eigenvalue weighted by Gasteiger charge is -2.19. The maximum atomic E-state index is 12.5. The Labute approximate surface area is 171 Å². The van der Waals surface area contributed by atoms with E-state index in [1.807, 2.05) is 12.1 Å². The Kier molecular flexibility index (Phi) is 6.55. The fourth-order valence-electron chi connectivity index (χ4n) is 3.27. The van der Waals surface area contributed by atoms with Crippen molar-refractivity contribution in [1.82, 2.24) is 0 Å². The summed E-state index contributed by atoms with van der Waals surface area (Å²) in [6, 6.07) is 7.30. The first-order valence-electron chi connectivity index (χ1n) is 9.00. The van der Waals surface area contributed by atoms with Crippen LogP contribution in [0.3, 0.4) is 0 Å². The molecule has 1 aromatic heterocycles. The van der Waals surface area contributed by atoms with Crippen LogP contribution in [-0.4, -0.2) is 25.1 Å². The van der Waals surface area contributed by atoms with Crippen LogP contribution < -0.4 is 10.1 Å². The minimum atomic E-state index is -0.369. The SMILES string of the molecule is CCOC(=O)c1c(NC(=O)COc2cccc(Br)c2)sc2c1C(C)CCC2. The molecule has 1 aromatic carbocycles. The average molecular weight is 452 g/mol. The predicted octanol–water partition coefficient (Wildman–Crippen LogP) is 5.14. The molecule has 3 rings (SSSR count). The van der Waals surface area contributed by atoms with Gasteiger partial charge in [-0.15, -0.1) is 11.3 Å². The highest BCUT2D eigenvalue weighted by molar-refractivity contribution is 9.10. The number of carbonyl (C=O) groups excluding carboxylic acids is 2. The van der Waals surface area contributed by atoms with E-state index in [0.717, 1.165) is 29.3 Å². The van der Waals surface area contributed by atoms with E-state index in [4.69, 9.17) is 9.47 Å². The van der Waals surface area contributed by atoms with Crippen LogP contribution in [-0.2, 0) is 16.0 Å². The zero-order valence-corrected chi connectivity index (χ0v) is 17.7. The molecule has 1 N–H and O–H groups in total. The summed E-state index contributed by atoms with van der Waals surface area (Å²) >= 11 is 4.85. The number of fused-ring (bicyclic) bond motifs is 1. The fourth-order valence-corrected chi connectivity index (χ4v) is 5.02. The number of hydrogen-bond donors (Lipinski definition) is 1. The van der Waals surface area contributed by atoms with Crippen molar-refractivity contribution < 1.29 is 19.1 Å². The van der Waals surface area contributed by atoms with Crippen LogP contribution in [0.4, 0.5) is 5.00 Å². The minimum Gasteiger partial charge on any atom is -0.484 e. The molecule has 0 fully saturated rings. The van der Waals surface area contributed by atoms with Crippen LogP contribution in [0.25, 0.3) is 0 Å². The number of nitrogens with one attached hydrogen (secondary N) is 1. The molecule has 1 aliphatic rings. The second-order valence-corrected chi connectivity index (χ2v) is 8.47. The summed E-state index contributed by atoms with van der Waals surface area (Å²) in [4.78, 5) is 26.1. The van der Waals surface area contributed by atoms with E-state index in [-0.39, 0.29) is 24.4 Å². The Bertz CT molecular complexity index is 849. The number of amides is 1. The van der Waals surface area contributed by atoms with Crippen molar-refractivity contribution in [2.24, 2.45) is 0 Å². The lowest BCUT2D eigenvalue weighted by Crippen LogP contribution is -2.21. The van der Waals surface area contributed by atoms with Gasteiger partial charge in [-0.05, 0) is 55.9 Å². The summed E-state index contributed by atoms with van der Waals surface area (Å²) in [7, 11) is 0. The van der Waals surface area contributed by atoms with Crippen molar-refractivity contribution in [3.05, 3.63) is 44.7 Å². The summed E-state index contributed by atoms with van der Waals surface area (Å²) in [5, 5.41) is 3.42. The molecule has 1 unspecified atom stereocenters. The molecule has 1 atom stereocenters. The van der Waals surface area contributed by atoms with Gasteiger partial charge in [0.2, 0.25) is 0 Å². The van der Waals surface area contributed by atoms with Gasteiger partial charge in [-0.1, -0.05) is 28.9 Å². The number of ether oxygens (including phenoxy) is 2. The molecule has 1 amide bonds. The Morgan fingerprint density at radius 1 is 1.37 bits per heavy atom. The highest BCUT2D eigenvalue weighted by atomic mass is 79.9. The summed E-state index contributed by atoms with van der Waals surface area (Å²) in [6.45, 7) is 4.08. The highest BCUT2D eigenvalue weighted by Gasteiger charge is 2.30. The first kappa shape index (κ1) is 19.9. The molecular weight excluding hydrogens is 430 g/mol. The van der Waals surface area contributed by atoms with E-state index in [2.05, 4.69) is 28.2 Å². The van der Waals surface area contributed by atoms with Crippen LogP contribution in [0.15, 0.2) is 28.7 Å². The monoisotopic (exact) mass is 451 g/mol. The van der Waals surface area contributed by atoms with E-state index in [0.29, 0.717) is 22.9 Å². The Morgan fingerprint density at radius 3 is 2.93 bits per heavy atom. The van der Waals surface area contributed by atoms with Gasteiger partial charge in [-0.2, -0.15) is 0 Å². The van der Waals surface area contributed by atoms with E-state index in [9.17, 15) is 9.59 Å². The van der Waals surface area contributed by atoms with Crippen LogP contribution in [0.5, 0.6) is 5.75 Å². The smallest absolute Gasteiger partial charge is 0.341 e. The number of benzene rings is 1. The summed E-state index contributed by atoms with van der Waals surface area (Å²) in [5.74, 6) is 0.218. The second-order valence-electron chi connectivity index (χ2n) is 6.45. The zero-order chi connectivity index (χ0) is 19.4. The number of thiophene rings is 1. The number of aryl methyl sites for hydroxylation is 1. The molecule has 0 spiro atoms. The van der Waals surface area contributed by atoms with Crippen molar-refractivity contribution >= 4 is 44.1 Å². The third-order valence-corrected chi connectivity index (χ3v) is 6.13. The zero-order valence-electron chi connectivity index (χ0n) is 15.3. The fraction of sp³-hybridized carbons (Fsp3) is 0.400. The molecular formula is C20H22BrNO4S. The molecule has 5 nitrogen and oxygen atoms in total. The first-order chi connectivity index (χ1) is 13.0. The standard InChI is InChI=1S/C20H22BrNO4S/c1-3-25-20(24)18-17-12(2)6-4-9-15(17)27-19(18)22-16(23)11-26-14-8-5-7-13(21)10-14/h5,7-8,10,12H,3-4,6,9,11H2,1-2H3,(H,22,23). The van der Waals surface area contributed by atoms with E-state index < -0.39 is 0 Å². The largest absolute Gasteiger partial charge is 0.484 e. The molecule has 144 valence electrons. The van der Waals surface area contributed by atoms with Crippen molar-refractivity contribution in [2.45, 2.75) is 39.0 Å². The van der Waals surface area contributed by atoms with Gasteiger partial charge in [0.05, 0.1) is 12.2 Å². The number of esters is 1. The van der Waals surface area contributed by atoms with Gasteiger partial charge in [0.15, 0.2) is 6.61 Å². The molecule has 0 aliphatic heterocycles. The molecule has 2 aromatic rings. The third-order valence-electron chi connectivity index (χ3n) is 4.45. The maximum Gasteiger partial charge on any atom is 0.341 e. The van der Waals surface area contributed by atoms with Crippen LogP contribution in [0, 0.1) is 0 Å². The van der Waals surface area contributed by atoms with Gasteiger partial charge in [-0.25, -0.2) is 4.79 Å². The summed E-state index contributed by atoms with van der Waals surface area (Å²) < 4.78 is 11.7. The van der Waals surface area contributed by atoms with Crippen LogP contribution in [0.1, 0.15) is 53.4 Å². The molecule has 0 saturated heterocycles. The van der Waals surface area contributed by atoms with Gasteiger partial charge in [0, 0.05) is 9.35 Å². The van der Waals surface area contributed by atoms with Crippen LogP contribution in [0.2, 0.25) is 0 Å². The van der Waals surface area contributed by atoms with Crippen LogP contribution >= 0.6 is 27.3 Å². The molecule has 0 bridgehead atoms.